The zero-order valence-corrected chi connectivity index (χ0v) is 26.0. The van der Waals surface area contributed by atoms with E-state index in [0.717, 1.165) is 47.4 Å². The molecule has 3 aromatic carbocycles. The molecule has 13 heteroatoms. The fraction of sp³-hybridized carbons (Fsp3) is 0.294. The smallest absolute Gasteiger partial charge is 0.394 e. The second-order valence-corrected chi connectivity index (χ2v) is 12.1. The first-order chi connectivity index (χ1) is 22.7. The average molecular weight is 666 g/mol. The summed E-state index contributed by atoms with van der Waals surface area (Å²) in [7, 11) is 0. The van der Waals surface area contributed by atoms with Crippen LogP contribution in [0.1, 0.15) is 46.0 Å². The molecule has 0 saturated heterocycles. The largest absolute Gasteiger partial charge is 0.416 e. The predicted molar refractivity (Wildman–Crippen MR) is 168 cm³/mol. The molecule has 0 aliphatic heterocycles. The molecule has 0 amide bonds. The van der Waals surface area contributed by atoms with Gasteiger partial charge in [0.2, 0.25) is 0 Å². The molecule has 0 spiro atoms. The highest BCUT2D eigenvalue weighted by atomic mass is 32.2. The summed E-state index contributed by atoms with van der Waals surface area (Å²) in [6, 6.07) is 18.8. The quantitative estimate of drug-likeness (QED) is 0.0751. The Balaban J connectivity index is 1.29. The summed E-state index contributed by atoms with van der Waals surface area (Å²) in [6.07, 6.45) is -2.17. The van der Waals surface area contributed by atoms with Crippen LogP contribution < -0.4 is 5.56 Å². The van der Waals surface area contributed by atoms with E-state index in [-0.39, 0.29) is 37.7 Å². The van der Waals surface area contributed by atoms with Crippen LogP contribution in [0, 0.1) is 5.82 Å². The van der Waals surface area contributed by atoms with Gasteiger partial charge in [0.25, 0.3) is 5.56 Å². The molecule has 0 fully saturated rings. The maximum Gasteiger partial charge on any atom is 0.416 e. The molecular formula is C34H31F4N5O3S. The zero-order chi connectivity index (χ0) is 33.0. The second kappa shape index (κ2) is 14.2. The number of aliphatic hydroxyl groups excluding tert-OH is 1. The van der Waals surface area contributed by atoms with Gasteiger partial charge in [-0.15, -0.1) is 10.2 Å². The van der Waals surface area contributed by atoms with Crippen LogP contribution in [-0.2, 0) is 49.2 Å². The number of thioether (sulfide) groups is 1. The van der Waals surface area contributed by atoms with E-state index >= 15 is 0 Å². The molecule has 0 saturated carbocycles. The van der Waals surface area contributed by atoms with E-state index in [1.807, 2.05) is 33.4 Å². The van der Waals surface area contributed by atoms with Crippen molar-refractivity contribution >= 4 is 11.8 Å². The van der Waals surface area contributed by atoms with Gasteiger partial charge in [0.1, 0.15) is 12.4 Å². The van der Waals surface area contributed by atoms with Gasteiger partial charge in [-0.1, -0.05) is 60.3 Å². The van der Waals surface area contributed by atoms with Crippen molar-refractivity contribution in [3.05, 3.63) is 129 Å². The van der Waals surface area contributed by atoms with Gasteiger partial charge in [0, 0.05) is 17.0 Å². The Kier molecular flexibility index (Phi) is 9.85. The molecule has 6 rings (SSSR count). The Labute approximate surface area is 272 Å². The number of halogens is 4. The van der Waals surface area contributed by atoms with Crippen LogP contribution in [0.5, 0.6) is 0 Å². The lowest BCUT2D eigenvalue weighted by Gasteiger charge is -2.18. The number of hydrogen-bond donors (Lipinski definition) is 1. The van der Waals surface area contributed by atoms with Gasteiger partial charge in [-0.25, -0.2) is 4.39 Å². The van der Waals surface area contributed by atoms with Crippen molar-refractivity contribution < 1.29 is 27.4 Å². The van der Waals surface area contributed by atoms with Crippen LogP contribution in [0.15, 0.2) is 82.7 Å². The van der Waals surface area contributed by atoms with E-state index in [1.54, 1.807) is 12.1 Å². The number of rotatable bonds is 12. The molecule has 1 aliphatic rings. The molecule has 5 aromatic rings. The van der Waals surface area contributed by atoms with Gasteiger partial charge < -0.3 is 19.0 Å². The van der Waals surface area contributed by atoms with Crippen molar-refractivity contribution in [1.29, 1.82) is 0 Å². The van der Waals surface area contributed by atoms with Crippen molar-refractivity contribution in [3.8, 4) is 11.1 Å². The normalized spacial score (nSPS) is 12.9. The van der Waals surface area contributed by atoms with Crippen molar-refractivity contribution in [2.45, 2.75) is 56.0 Å². The molecule has 8 nitrogen and oxygen atoms in total. The molecule has 2 heterocycles. The Morgan fingerprint density at radius 1 is 0.830 bits per heavy atom. The first-order valence-electron chi connectivity index (χ1n) is 15.1. The second-order valence-electron chi connectivity index (χ2n) is 11.1. The molecule has 2 aromatic heterocycles. The molecule has 47 heavy (non-hydrogen) atoms. The van der Waals surface area contributed by atoms with Crippen LogP contribution in [0.4, 0.5) is 17.6 Å². The SMILES string of the molecule is O=c1nc(SCc2ccc(F)cc2)n(Cc2nnc(COCCO)n2Cc2ccc(-c3ccc(C(F)(F)F)cc3)cc2)c2c1CCC2. The average Bonchev–Trinajstić information content (AvgIpc) is 3.71. The van der Waals surface area contributed by atoms with Gasteiger partial charge >= 0.3 is 6.18 Å². The van der Waals surface area contributed by atoms with Crippen molar-refractivity contribution in [3.63, 3.8) is 0 Å². The molecule has 0 bridgehead atoms. The highest BCUT2D eigenvalue weighted by molar-refractivity contribution is 7.98. The molecule has 0 unspecified atom stereocenters. The molecule has 0 radical (unpaired) electrons. The number of ether oxygens (including phenoxy) is 1. The van der Waals surface area contributed by atoms with Crippen LogP contribution in [0.2, 0.25) is 0 Å². The van der Waals surface area contributed by atoms with Crippen LogP contribution in [0.3, 0.4) is 0 Å². The summed E-state index contributed by atoms with van der Waals surface area (Å²) in [5, 5.41) is 18.7. The van der Waals surface area contributed by atoms with Gasteiger partial charge in [-0.3, -0.25) is 4.79 Å². The zero-order valence-electron chi connectivity index (χ0n) is 25.2. The van der Waals surface area contributed by atoms with Gasteiger partial charge in [0.15, 0.2) is 16.8 Å². The third kappa shape index (κ3) is 7.64. The summed E-state index contributed by atoms with van der Waals surface area (Å²) in [5.41, 5.74) is 3.92. The first-order valence-corrected chi connectivity index (χ1v) is 16.0. The van der Waals surface area contributed by atoms with Crippen LogP contribution >= 0.6 is 11.8 Å². The number of nitrogens with zero attached hydrogens (tertiary/aromatic N) is 5. The maximum atomic E-state index is 13.5. The third-order valence-electron chi connectivity index (χ3n) is 7.99. The molecular weight excluding hydrogens is 634 g/mol. The van der Waals surface area contributed by atoms with Gasteiger partial charge in [-0.2, -0.15) is 18.2 Å². The number of fused-ring (bicyclic) bond motifs is 1. The number of aliphatic hydroxyl groups is 1. The Morgan fingerprint density at radius 2 is 1.49 bits per heavy atom. The Morgan fingerprint density at radius 3 is 2.17 bits per heavy atom. The fourth-order valence-corrected chi connectivity index (χ4v) is 6.54. The van der Waals surface area contributed by atoms with Crippen molar-refractivity contribution in [2.24, 2.45) is 0 Å². The van der Waals surface area contributed by atoms with Crippen LogP contribution in [-0.4, -0.2) is 42.6 Å². The maximum absolute atomic E-state index is 13.5. The van der Waals surface area contributed by atoms with Crippen molar-refractivity contribution in [2.75, 3.05) is 13.2 Å². The summed E-state index contributed by atoms with van der Waals surface area (Å²) in [4.78, 5) is 17.4. The minimum Gasteiger partial charge on any atom is -0.394 e. The number of aromatic nitrogens is 5. The van der Waals surface area contributed by atoms with E-state index in [0.29, 0.717) is 46.7 Å². The van der Waals surface area contributed by atoms with E-state index in [1.165, 1.54) is 36.0 Å². The van der Waals surface area contributed by atoms with E-state index in [9.17, 15) is 27.5 Å². The standard InChI is InChI=1S/C34H31F4N5O3S/c35-27-14-6-23(7-15-27)21-47-33-39-32(45)28-2-1-3-29(28)42(33)19-30-40-41-31(20-46-17-16-44)43(30)18-22-4-8-24(9-5-22)25-10-12-26(13-11-25)34(36,37)38/h4-15,44H,1-3,16-21H2. The lowest BCUT2D eigenvalue weighted by Crippen LogP contribution is -2.23. The summed E-state index contributed by atoms with van der Waals surface area (Å²) >= 11 is 1.40. The summed E-state index contributed by atoms with van der Waals surface area (Å²) in [5.74, 6) is 1.33. The lowest BCUT2D eigenvalue weighted by molar-refractivity contribution is -0.137. The van der Waals surface area contributed by atoms with Gasteiger partial charge in [-0.05, 0) is 65.8 Å². The molecule has 1 N–H and O–H groups in total. The van der Waals surface area contributed by atoms with E-state index in [4.69, 9.17) is 4.74 Å². The minimum atomic E-state index is -4.40. The monoisotopic (exact) mass is 665 g/mol. The predicted octanol–water partition coefficient (Wildman–Crippen LogP) is 6.05. The fourth-order valence-electron chi connectivity index (χ4n) is 5.57. The lowest BCUT2D eigenvalue weighted by atomic mass is 10.0. The molecule has 244 valence electrons. The first kappa shape index (κ1) is 32.6. The molecule has 0 atom stereocenters. The molecule has 1 aliphatic carbocycles. The highest BCUT2D eigenvalue weighted by Crippen LogP contribution is 2.31. The van der Waals surface area contributed by atoms with Crippen LogP contribution in [0.25, 0.3) is 11.1 Å². The van der Waals surface area contributed by atoms with E-state index < -0.39 is 11.7 Å². The number of alkyl halides is 3. The minimum absolute atomic E-state index is 0.115. The number of benzene rings is 3. The van der Waals surface area contributed by atoms with Crippen molar-refractivity contribution in [1.82, 2.24) is 24.3 Å². The highest BCUT2D eigenvalue weighted by Gasteiger charge is 2.30. The Bertz CT molecular complexity index is 1890. The van der Waals surface area contributed by atoms with E-state index in [2.05, 4.69) is 15.2 Å². The third-order valence-corrected chi connectivity index (χ3v) is 9.04. The summed E-state index contributed by atoms with van der Waals surface area (Å²) < 4.78 is 62.0. The number of hydrogen-bond acceptors (Lipinski definition) is 7. The Hall–Kier alpha value is -4.33. The topological polar surface area (TPSA) is 95.1 Å². The summed E-state index contributed by atoms with van der Waals surface area (Å²) in [6.45, 7) is 0.769. The van der Waals surface area contributed by atoms with Gasteiger partial charge in [0.05, 0.1) is 31.9 Å².